The molecule has 6 aromatic rings. The molecule has 6 aromatic carbocycles. The summed E-state index contributed by atoms with van der Waals surface area (Å²) in [6.45, 7) is 0. The Labute approximate surface area is 212 Å². The van der Waals surface area contributed by atoms with Crippen LogP contribution in [0.2, 0.25) is 0 Å². The molecule has 0 unspecified atom stereocenters. The highest BCUT2D eigenvalue weighted by molar-refractivity contribution is 6.11. The second-order valence-electron chi connectivity index (χ2n) is 10.1. The van der Waals surface area contributed by atoms with Crippen molar-refractivity contribution >= 4 is 21.5 Å². The number of hydrogen-bond acceptors (Lipinski definition) is 0. The van der Waals surface area contributed by atoms with Gasteiger partial charge in [0.1, 0.15) is 0 Å². The molecule has 7 rings (SSSR count). The molecular weight excluding hydrogens is 432 g/mol. The third-order valence-electron chi connectivity index (χ3n) is 7.75. The van der Waals surface area contributed by atoms with Crippen molar-refractivity contribution in [3.63, 3.8) is 0 Å². The molecule has 36 heavy (non-hydrogen) atoms. The van der Waals surface area contributed by atoms with Crippen molar-refractivity contribution in [3.8, 4) is 22.3 Å². The molecule has 0 amide bonds. The third kappa shape index (κ3) is 3.89. The van der Waals surface area contributed by atoms with E-state index in [2.05, 4.69) is 121 Å². The zero-order chi connectivity index (χ0) is 23.9. The molecule has 0 spiro atoms. The Morgan fingerprint density at radius 2 is 0.639 bits per heavy atom. The van der Waals surface area contributed by atoms with E-state index in [-0.39, 0.29) is 0 Å². The topological polar surface area (TPSA) is 0 Å². The summed E-state index contributed by atoms with van der Waals surface area (Å²) in [5.41, 5.74) is 11.2. The molecular formula is C36H28. The summed E-state index contributed by atoms with van der Waals surface area (Å²) < 4.78 is 0. The van der Waals surface area contributed by atoms with Gasteiger partial charge in [0.25, 0.3) is 0 Å². The molecule has 0 atom stereocenters. The Hall–Kier alpha value is -4.16. The fourth-order valence-electron chi connectivity index (χ4n) is 5.70. The van der Waals surface area contributed by atoms with Crippen LogP contribution in [0.25, 0.3) is 43.8 Å². The van der Waals surface area contributed by atoms with Crippen molar-refractivity contribution in [2.45, 2.75) is 25.7 Å². The van der Waals surface area contributed by atoms with E-state index in [4.69, 9.17) is 0 Å². The average Bonchev–Trinajstić information content (AvgIpc) is 2.94. The highest BCUT2D eigenvalue weighted by Gasteiger charge is 2.23. The first-order chi connectivity index (χ1) is 17.8. The normalized spacial score (nSPS) is 11.8. The molecule has 172 valence electrons. The summed E-state index contributed by atoms with van der Waals surface area (Å²) in [7, 11) is 0. The smallest absolute Gasteiger partial charge is 0.00923 e. The van der Waals surface area contributed by atoms with Gasteiger partial charge in [-0.25, -0.2) is 0 Å². The number of hydrogen-bond donors (Lipinski definition) is 0. The van der Waals surface area contributed by atoms with E-state index in [1.807, 2.05) is 0 Å². The van der Waals surface area contributed by atoms with Crippen LogP contribution in [0.3, 0.4) is 0 Å². The molecule has 1 aliphatic carbocycles. The standard InChI is InChI=1S/C36H28/c1-3-7-25(8-4-1)11-13-27-15-17-29-21-33-35(23-31(29)19-27)34-22-30-18-16-28(20-32(30)24-36(33)34)14-12-26-9-5-2-6-10-26/h1-10,15-24H,11-14H2. The van der Waals surface area contributed by atoms with Crippen LogP contribution >= 0.6 is 0 Å². The molecule has 0 bridgehead atoms. The van der Waals surface area contributed by atoms with Gasteiger partial charge in [-0.15, -0.1) is 0 Å². The van der Waals surface area contributed by atoms with Crippen molar-refractivity contribution < 1.29 is 0 Å². The zero-order valence-corrected chi connectivity index (χ0v) is 20.4. The van der Waals surface area contributed by atoms with Crippen LogP contribution in [-0.2, 0) is 25.7 Å². The van der Waals surface area contributed by atoms with Gasteiger partial charge in [-0.05, 0) is 116 Å². The molecule has 0 aliphatic heterocycles. The second-order valence-corrected chi connectivity index (χ2v) is 10.1. The Morgan fingerprint density at radius 1 is 0.278 bits per heavy atom. The minimum absolute atomic E-state index is 1.07. The summed E-state index contributed by atoms with van der Waals surface area (Å²) in [5.74, 6) is 0. The van der Waals surface area contributed by atoms with Crippen LogP contribution in [-0.4, -0.2) is 0 Å². The number of fused-ring (bicyclic) bond motifs is 6. The van der Waals surface area contributed by atoms with Crippen LogP contribution in [0, 0.1) is 0 Å². The Balaban J connectivity index is 1.15. The van der Waals surface area contributed by atoms with E-state index in [0.29, 0.717) is 0 Å². The second kappa shape index (κ2) is 8.81. The van der Waals surface area contributed by atoms with Crippen LogP contribution in [0.1, 0.15) is 22.3 Å². The van der Waals surface area contributed by atoms with Crippen LogP contribution in [0.5, 0.6) is 0 Å². The average molecular weight is 461 g/mol. The molecule has 0 nitrogen and oxygen atoms in total. The lowest BCUT2D eigenvalue weighted by molar-refractivity contribution is 0.962. The first kappa shape index (κ1) is 21.1. The van der Waals surface area contributed by atoms with Gasteiger partial charge in [0, 0.05) is 0 Å². The van der Waals surface area contributed by atoms with Gasteiger partial charge in [0.05, 0.1) is 0 Å². The maximum absolute atomic E-state index is 2.40. The van der Waals surface area contributed by atoms with E-state index in [0.717, 1.165) is 25.7 Å². The highest BCUT2D eigenvalue weighted by Crippen LogP contribution is 2.50. The lowest BCUT2D eigenvalue weighted by Gasteiger charge is -2.26. The number of rotatable bonds is 6. The van der Waals surface area contributed by atoms with Gasteiger partial charge < -0.3 is 0 Å². The van der Waals surface area contributed by atoms with Gasteiger partial charge >= 0.3 is 0 Å². The lowest BCUT2D eigenvalue weighted by Crippen LogP contribution is -2.00. The van der Waals surface area contributed by atoms with Crippen molar-refractivity contribution in [1.82, 2.24) is 0 Å². The summed E-state index contributed by atoms with van der Waals surface area (Å²) >= 11 is 0. The lowest BCUT2D eigenvalue weighted by atomic mass is 9.77. The molecule has 0 heteroatoms. The predicted octanol–water partition coefficient (Wildman–Crippen LogP) is 9.21. The quantitative estimate of drug-likeness (QED) is 0.232. The number of benzene rings is 6. The zero-order valence-electron chi connectivity index (χ0n) is 20.4. The maximum atomic E-state index is 2.40. The van der Waals surface area contributed by atoms with Crippen molar-refractivity contribution in [2.75, 3.05) is 0 Å². The molecule has 0 heterocycles. The minimum Gasteiger partial charge on any atom is -0.0622 e. The SMILES string of the molecule is c1ccc(CCc2ccc3cc4c(cc3c2)-c2cc3ccc(CCc5ccccc5)cc3cc2-4)cc1. The molecule has 0 N–H and O–H groups in total. The summed E-state index contributed by atoms with van der Waals surface area (Å²) in [6.07, 6.45) is 4.31. The monoisotopic (exact) mass is 460 g/mol. The highest BCUT2D eigenvalue weighted by atomic mass is 14.3. The largest absolute Gasteiger partial charge is 0.0622 e. The molecule has 0 fully saturated rings. The van der Waals surface area contributed by atoms with Gasteiger partial charge in [0.15, 0.2) is 0 Å². The molecule has 0 radical (unpaired) electrons. The predicted molar refractivity (Wildman–Crippen MR) is 154 cm³/mol. The van der Waals surface area contributed by atoms with Gasteiger partial charge in [-0.2, -0.15) is 0 Å². The summed E-state index contributed by atoms with van der Waals surface area (Å²) in [5, 5.41) is 5.36. The Bertz CT molecular complexity index is 1560. The fourth-order valence-corrected chi connectivity index (χ4v) is 5.70. The van der Waals surface area contributed by atoms with Crippen LogP contribution in [0.4, 0.5) is 0 Å². The van der Waals surface area contributed by atoms with E-state index < -0.39 is 0 Å². The van der Waals surface area contributed by atoms with E-state index in [1.54, 1.807) is 0 Å². The van der Waals surface area contributed by atoms with Gasteiger partial charge in [0.2, 0.25) is 0 Å². The van der Waals surface area contributed by atoms with Crippen LogP contribution in [0.15, 0.2) is 121 Å². The van der Waals surface area contributed by atoms with Crippen molar-refractivity contribution in [1.29, 1.82) is 0 Å². The van der Waals surface area contributed by atoms with E-state index in [1.165, 1.54) is 66.1 Å². The van der Waals surface area contributed by atoms with Gasteiger partial charge in [-0.1, -0.05) is 97.1 Å². The third-order valence-corrected chi connectivity index (χ3v) is 7.75. The van der Waals surface area contributed by atoms with E-state index >= 15 is 0 Å². The Morgan fingerprint density at radius 3 is 1.06 bits per heavy atom. The molecule has 0 saturated carbocycles. The summed E-state index contributed by atoms with van der Waals surface area (Å²) in [6, 6.07) is 45.1. The molecule has 0 aromatic heterocycles. The van der Waals surface area contributed by atoms with Crippen molar-refractivity contribution in [2.24, 2.45) is 0 Å². The first-order valence-electron chi connectivity index (χ1n) is 13.0. The molecule has 0 saturated heterocycles. The first-order valence-corrected chi connectivity index (χ1v) is 13.0. The summed E-state index contributed by atoms with van der Waals surface area (Å²) in [4.78, 5) is 0. The minimum atomic E-state index is 1.07. The number of aryl methyl sites for hydroxylation is 4. The maximum Gasteiger partial charge on any atom is -0.00923 e. The fraction of sp³-hybridized carbons (Fsp3) is 0.111. The van der Waals surface area contributed by atoms with E-state index in [9.17, 15) is 0 Å². The van der Waals surface area contributed by atoms with Gasteiger partial charge in [-0.3, -0.25) is 0 Å². The van der Waals surface area contributed by atoms with Crippen molar-refractivity contribution in [3.05, 3.63) is 144 Å². The van der Waals surface area contributed by atoms with Crippen LogP contribution < -0.4 is 0 Å². The Kier molecular flexibility index (Phi) is 5.17. The molecule has 1 aliphatic rings.